The van der Waals surface area contributed by atoms with E-state index in [2.05, 4.69) is 0 Å². The molecule has 6 heteroatoms. The monoisotopic (exact) mass is 372 g/mol. The lowest BCUT2D eigenvalue weighted by Crippen LogP contribution is -2.48. The van der Waals surface area contributed by atoms with Gasteiger partial charge >= 0.3 is 6.03 Å². The van der Waals surface area contributed by atoms with Crippen LogP contribution in [0.5, 0.6) is 0 Å². The molecule has 6 nitrogen and oxygen atoms in total. The Morgan fingerprint density at radius 3 is 2.33 bits per heavy atom. The number of hydrogen-bond donors (Lipinski definition) is 0. The van der Waals surface area contributed by atoms with Crippen LogP contribution in [0.2, 0.25) is 0 Å². The van der Waals surface area contributed by atoms with Crippen LogP contribution in [0.4, 0.5) is 4.79 Å². The Morgan fingerprint density at radius 2 is 1.70 bits per heavy atom. The third kappa shape index (κ3) is 3.05. The molecular weight excluding hydrogens is 344 g/mol. The molecule has 3 aliphatic rings. The van der Waals surface area contributed by atoms with Crippen molar-refractivity contribution in [1.29, 1.82) is 0 Å². The van der Waals surface area contributed by atoms with Crippen molar-refractivity contribution in [3.8, 4) is 0 Å². The van der Waals surface area contributed by atoms with E-state index < -0.39 is 11.3 Å². The Labute approximate surface area is 160 Å². The fourth-order valence-electron chi connectivity index (χ4n) is 4.76. The van der Waals surface area contributed by atoms with Crippen LogP contribution in [0, 0.1) is 5.92 Å². The summed E-state index contributed by atoms with van der Waals surface area (Å²) in [7, 11) is 1.74. The second kappa shape index (κ2) is 6.91. The van der Waals surface area contributed by atoms with Crippen LogP contribution in [-0.4, -0.2) is 54.1 Å². The summed E-state index contributed by atoms with van der Waals surface area (Å²) in [6, 6.07) is 9.30. The molecule has 0 bridgehead atoms. The lowest BCUT2D eigenvalue weighted by atomic mass is 9.87. The number of hydrogen-bond acceptors (Lipinski definition) is 4. The largest absolute Gasteiger partial charge is 0.342 e. The normalized spacial score (nSPS) is 28.5. The Hall–Kier alpha value is -1.92. The topological polar surface area (TPSA) is 59.1 Å². The Bertz CT molecular complexity index is 710. The standard InChI is InChI=1S/C21H28N2O4/c1-20(14-16-8-6-7-9-16)18(24)23(19(25)22(20)2)15-21(26-12-13-27-21)17-10-4-3-5-11-17/h3-5,10-11,16H,6-9,12-15H2,1-2H3. The Morgan fingerprint density at radius 1 is 1.07 bits per heavy atom. The molecule has 1 aromatic rings. The molecule has 2 heterocycles. The van der Waals surface area contributed by atoms with Gasteiger partial charge in [0.15, 0.2) is 0 Å². The average Bonchev–Trinajstić information content (AvgIpc) is 3.40. The number of carbonyl (C=O) groups excluding carboxylic acids is 2. The number of rotatable bonds is 5. The molecule has 146 valence electrons. The van der Waals surface area contributed by atoms with E-state index in [1.807, 2.05) is 37.3 Å². The van der Waals surface area contributed by atoms with Crippen LogP contribution in [0.25, 0.3) is 0 Å². The van der Waals surface area contributed by atoms with E-state index in [0.29, 0.717) is 19.1 Å². The van der Waals surface area contributed by atoms with E-state index >= 15 is 0 Å². The van der Waals surface area contributed by atoms with E-state index in [1.165, 1.54) is 17.7 Å². The minimum absolute atomic E-state index is 0.0826. The number of carbonyl (C=O) groups is 2. The summed E-state index contributed by atoms with van der Waals surface area (Å²) in [4.78, 5) is 29.3. The molecule has 0 spiro atoms. The van der Waals surface area contributed by atoms with Gasteiger partial charge < -0.3 is 14.4 Å². The van der Waals surface area contributed by atoms with Crippen LogP contribution in [0.3, 0.4) is 0 Å². The Kier molecular flexibility index (Phi) is 4.72. The molecule has 3 fully saturated rings. The summed E-state index contributed by atoms with van der Waals surface area (Å²) in [6.45, 7) is 2.87. The maximum atomic E-state index is 13.3. The minimum Gasteiger partial charge on any atom is -0.342 e. The predicted octanol–water partition coefficient (Wildman–Crippen LogP) is 3.12. The highest BCUT2D eigenvalue weighted by Crippen LogP contribution is 2.40. The molecule has 1 aromatic carbocycles. The van der Waals surface area contributed by atoms with Crippen molar-refractivity contribution in [2.45, 2.75) is 50.4 Å². The predicted molar refractivity (Wildman–Crippen MR) is 99.9 cm³/mol. The molecule has 0 N–H and O–H groups in total. The fourth-order valence-corrected chi connectivity index (χ4v) is 4.76. The number of ether oxygens (including phenoxy) is 2. The van der Waals surface area contributed by atoms with Gasteiger partial charge in [0, 0.05) is 12.6 Å². The van der Waals surface area contributed by atoms with Gasteiger partial charge in [0.2, 0.25) is 5.79 Å². The zero-order valence-corrected chi connectivity index (χ0v) is 16.1. The van der Waals surface area contributed by atoms with Crippen molar-refractivity contribution in [1.82, 2.24) is 9.80 Å². The second-order valence-electron chi connectivity index (χ2n) is 8.18. The van der Waals surface area contributed by atoms with Crippen molar-refractivity contribution < 1.29 is 19.1 Å². The summed E-state index contributed by atoms with van der Waals surface area (Å²) in [5, 5.41) is 0. The van der Waals surface area contributed by atoms with Gasteiger partial charge in [-0.05, 0) is 19.3 Å². The van der Waals surface area contributed by atoms with Crippen molar-refractivity contribution >= 4 is 11.9 Å². The molecule has 0 aromatic heterocycles. The van der Waals surface area contributed by atoms with Gasteiger partial charge in [0.25, 0.3) is 5.91 Å². The maximum absolute atomic E-state index is 13.3. The number of nitrogens with zero attached hydrogens (tertiary/aromatic N) is 2. The number of likely N-dealkylation sites (N-methyl/N-ethyl adjacent to an activating group) is 1. The zero-order chi connectivity index (χ0) is 19.1. The molecule has 1 atom stereocenters. The summed E-state index contributed by atoms with van der Waals surface area (Å²) in [5.41, 5.74) is 0.0397. The number of benzene rings is 1. The minimum atomic E-state index is -1.08. The summed E-state index contributed by atoms with van der Waals surface area (Å²) in [6.07, 6.45) is 5.45. The van der Waals surface area contributed by atoms with Gasteiger partial charge in [-0.2, -0.15) is 0 Å². The van der Waals surface area contributed by atoms with E-state index in [9.17, 15) is 9.59 Å². The lowest BCUT2D eigenvalue weighted by molar-refractivity contribution is -0.178. The van der Waals surface area contributed by atoms with Gasteiger partial charge in [-0.15, -0.1) is 0 Å². The van der Waals surface area contributed by atoms with Crippen LogP contribution >= 0.6 is 0 Å². The lowest BCUT2D eigenvalue weighted by Gasteiger charge is -2.32. The zero-order valence-electron chi connectivity index (χ0n) is 16.1. The SMILES string of the molecule is CN1C(=O)N(CC2(c3ccccc3)OCCO2)C(=O)C1(C)CC1CCCC1. The number of imide groups is 1. The average molecular weight is 372 g/mol. The van der Waals surface area contributed by atoms with Crippen molar-refractivity contribution in [2.24, 2.45) is 5.92 Å². The highest BCUT2D eigenvalue weighted by molar-refractivity contribution is 6.06. The third-order valence-corrected chi connectivity index (χ3v) is 6.46. The first-order chi connectivity index (χ1) is 13.0. The molecule has 0 radical (unpaired) electrons. The first-order valence-corrected chi connectivity index (χ1v) is 9.89. The molecule has 2 saturated heterocycles. The summed E-state index contributed by atoms with van der Waals surface area (Å²) in [5.74, 6) is -0.709. The molecule has 1 unspecified atom stereocenters. The van der Waals surface area contributed by atoms with Gasteiger partial charge in [0.1, 0.15) is 5.54 Å². The van der Waals surface area contributed by atoms with Gasteiger partial charge in [-0.3, -0.25) is 9.69 Å². The molecular formula is C21H28N2O4. The van der Waals surface area contributed by atoms with Crippen LogP contribution in [0.15, 0.2) is 30.3 Å². The van der Waals surface area contributed by atoms with Gasteiger partial charge in [-0.25, -0.2) is 4.79 Å². The van der Waals surface area contributed by atoms with Gasteiger partial charge in [0.05, 0.1) is 19.8 Å². The summed E-state index contributed by atoms with van der Waals surface area (Å²) >= 11 is 0. The summed E-state index contributed by atoms with van der Waals surface area (Å²) < 4.78 is 11.9. The van der Waals surface area contributed by atoms with Crippen molar-refractivity contribution in [3.63, 3.8) is 0 Å². The first kappa shape index (κ1) is 18.4. The fraction of sp³-hybridized carbons (Fsp3) is 0.619. The number of urea groups is 1. The smallest absolute Gasteiger partial charge is 0.327 e. The van der Waals surface area contributed by atoms with Crippen LogP contribution in [0.1, 0.15) is 44.6 Å². The van der Waals surface area contributed by atoms with Crippen LogP contribution < -0.4 is 0 Å². The molecule has 27 heavy (non-hydrogen) atoms. The van der Waals surface area contributed by atoms with Gasteiger partial charge in [-0.1, -0.05) is 56.0 Å². The van der Waals surface area contributed by atoms with E-state index in [-0.39, 0.29) is 18.5 Å². The molecule has 1 aliphatic carbocycles. The quantitative estimate of drug-likeness (QED) is 0.745. The van der Waals surface area contributed by atoms with E-state index in [0.717, 1.165) is 24.8 Å². The van der Waals surface area contributed by atoms with E-state index in [1.54, 1.807) is 11.9 Å². The third-order valence-electron chi connectivity index (χ3n) is 6.46. The first-order valence-electron chi connectivity index (χ1n) is 9.89. The van der Waals surface area contributed by atoms with Crippen molar-refractivity contribution in [2.75, 3.05) is 26.8 Å². The maximum Gasteiger partial charge on any atom is 0.327 e. The number of amides is 3. The Balaban J connectivity index is 1.59. The molecule has 4 rings (SSSR count). The molecule has 3 amide bonds. The van der Waals surface area contributed by atoms with E-state index in [4.69, 9.17) is 9.47 Å². The highest BCUT2D eigenvalue weighted by Gasteiger charge is 2.56. The molecule has 2 aliphatic heterocycles. The van der Waals surface area contributed by atoms with Crippen LogP contribution in [-0.2, 0) is 20.1 Å². The highest BCUT2D eigenvalue weighted by atomic mass is 16.7. The van der Waals surface area contributed by atoms with Crippen molar-refractivity contribution in [3.05, 3.63) is 35.9 Å². The molecule has 1 saturated carbocycles. The second-order valence-corrected chi connectivity index (χ2v) is 8.18.